The molecule has 2 aliphatic carbocycles. The summed E-state index contributed by atoms with van der Waals surface area (Å²) in [7, 11) is 1.29. The van der Waals surface area contributed by atoms with Crippen LogP contribution in [0.3, 0.4) is 0 Å². The van der Waals surface area contributed by atoms with Crippen LogP contribution in [-0.2, 0) is 19.1 Å². The van der Waals surface area contributed by atoms with Gasteiger partial charge in [-0.1, -0.05) is 117 Å². The number of benzene rings is 3. The van der Waals surface area contributed by atoms with E-state index >= 15 is 0 Å². The van der Waals surface area contributed by atoms with E-state index in [1.54, 1.807) is 4.90 Å². The first kappa shape index (κ1) is 60.1. The third-order valence-corrected chi connectivity index (χ3v) is 11.8. The molecule has 0 spiro atoms. The number of methoxy groups -OCH3 is 1. The van der Waals surface area contributed by atoms with Crippen LogP contribution in [0.5, 0.6) is 0 Å². The Morgan fingerprint density at radius 3 is 2.06 bits per heavy atom. The van der Waals surface area contributed by atoms with Gasteiger partial charge in [0.15, 0.2) is 0 Å². The first-order chi connectivity index (χ1) is 34.4. The van der Waals surface area contributed by atoms with Crippen LogP contribution in [0.4, 0.5) is 4.79 Å². The molecule has 1 saturated carbocycles. The molecular formula is C59H81N7O5. The Kier molecular flexibility index (Phi) is 26.4. The molecule has 0 unspecified atom stereocenters. The van der Waals surface area contributed by atoms with E-state index in [0.29, 0.717) is 31.1 Å². The van der Waals surface area contributed by atoms with E-state index in [1.807, 2.05) is 51.7 Å². The lowest BCUT2D eigenvalue weighted by molar-refractivity contribution is -0.135. The number of fused-ring (bicyclic) bond motifs is 6. The van der Waals surface area contributed by atoms with Crippen LogP contribution < -0.4 is 16.0 Å². The third-order valence-electron chi connectivity index (χ3n) is 11.8. The van der Waals surface area contributed by atoms with Gasteiger partial charge in [-0.05, 0) is 121 Å². The number of ether oxygens (including phenoxy) is 1. The molecule has 3 aliphatic rings. The van der Waals surface area contributed by atoms with Crippen LogP contribution in [0.2, 0.25) is 0 Å². The van der Waals surface area contributed by atoms with Crippen LogP contribution in [-0.4, -0.2) is 82.9 Å². The van der Waals surface area contributed by atoms with Crippen molar-refractivity contribution >= 4 is 46.1 Å². The largest absolute Gasteiger partial charge is 0.453 e. The predicted octanol–water partition coefficient (Wildman–Crippen LogP) is 12.0. The molecule has 2 fully saturated rings. The normalized spacial score (nSPS) is 16.0. The van der Waals surface area contributed by atoms with E-state index in [-0.39, 0.29) is 42.9 Å². The molecular weight excluding hydrogens is 887 g/mol. The molecule has 1 saturated heterocycles. The van der Waals surface area contributed by atoms with Crippen LogP contribution in [0, 0.1) is 31.6 Å². The fraction of sp³-hybridized carbons (Fsp3) is 0.441. The number of aromatic amines is 1. The fourth-order valence-electron chi connectivity index (χ4n) is 9.10. The average molecular weight is 968 g/mol. The summed E-state index contributed by atoms with van der Waals surface area (Å²) in [5.41, 5.74) is 12.3. The highest BCUT2D eigenvalue weighted by molar-refractivity contribution is 6.03. The molecule has 0 radical (unpaired) electrons. The van der Waals surface area contributed by atoms with Gasteiger partial charge < -0.3 is 35.5 Å². The van der Waals surface area contributed by atoms with Crippen molar-refractivity contribution < 1.29 is 23.9 Å². The minimum Gasteiger partial charge on any atom is -0.453 e. The molecule has 3 atom stereocenters. The number of likely N-dealkylation sites (tertiary alicyclic amines) is 1. The molecule has 12 heteroatoms. The molecule has 4 N–H and O–H groups in total. The SMILES string of the molecule is C#C.C#C.C=C(CN(CCC)C(=O)CNC(=O)CCC)N/C(=C\C)c1ccc2c(c1)/C(=C\C)c1cc(-c3ccc4nc([C@@H]5[C@H]6CC[C@H](C6)N5C(=O)CNC(=O)OC)[nH]c4c3)ccc1-2.CC.CCC.CCC. The van der Waals surface area contributed by atoms with Gasteiger partial charge >= 0.3 is 6.09 Å². The van der Waals surface area contributed by atoms with Crippen molar-refractivity contribution in [1.82, 2.24) is 35.7 Å². The molecule has 1 aromatic heterocycles. The number of nitrogens with one attached hydrogen (secondary N) is 4. The van der Waals surface area contributed by atoms with E-state index in [9.17, 15) is 19.2 Å². The zero-order chi connectivity index (χ0) is 53.2. The molecule has 2 heterocycles. The van der Waals surface area contributed by atoms with Crippen molar-refractivity contribution in [2.75, 3.05) is 33.3 Å². The Morgan fingerprint density at radius 1 is 0.831 bits per heavy atom. The summed E-state index contributed by atoms with van der Waals surface area (Å²) < 4.78 is 4.67. The number of nitrogens with zero attached hydrogens (tertiary/aromatic N) is 3. The smallest absolute Gasteiger partial charge is 0.407 e. The lowest BCUT2D eigenvalue weighted by atomic mass is 9.97. The maximum atomic E-state index is 13.3. The number of hydrogen-bond donors (Lipinski definition) is 4. The average Bonchev–Trinajstić information content (AvgIpc) is 4.20. The van der Waals surface area contributed by atoms with E-state index in [1.165, 1.54) is 36.6 Å². The number of carbonyl (C=O) groups is 4. The van der Waals surface area contributed by atoms with Crippen LogP contribution in [0.1, 0.15) is 149 Å². The summed E-state index contributed by atoms with van der Waals surface area (Å²) >= 11 is 0. The first-order valence-electron chi connectivity index (χ1n) is 25.3. The number of piperidine rings is 1. The number of allylic oxidation sites excluding steroid dienone is 2. The standard InChI is InChI=1S/C47H55N7O5.2C3H8.C2H6.2C2H2/c1-7-11-42(55)48-25-43(56)53(20-8-2)27-28(5)50-39(10-4)31-14-18-36-35-17-13-29(22-37(35)34(9-3)38(36)23-31)30-15-19-40-41(24-30)52-46(51-40)45-32-12-16-33(21-32)54(45)44(57)26-49-47(58)59-6;2*1-3-2;3*1-2/h9-10,13-15,17-19,22-24,32-33,45,50H,5,7-8,11-12,16,20-21,25-27H2,1-4,6H3,(H,48,55)(H,49,58)(H,51,52);2*3H2,1-2H3;1-2H3;2*1-2H/b34-9-,39-10-;;;;;/t32-,33+,45-;;;;;/m0...../s1. The summed E-state index contributed by atoms with van der Waals surface area (Å²) in [6.07, 6.45) is 26.9. The summed E-state index contributed by atoms with van der Waals surface area (Å²) in [4.78, 5) is 62.2. The van der Waals surface area contributed by atoms with E-state index in [2.05, 4.69) is 147 Å². The number of carbonyl (C=O) groups excluding carboxylic acids is 4. The van der Waals surface area contributed by atoms with Crippen molar-refractivity contribution in [2.45, 2.75) is 133 Å². The second-order valence-corrected chi connectivity index (χ2v) is 17.1. The number of imidazole rings is 1. The monoisotopic (exact) mass is 968 g/mol. The predicted molar refractivity (Wildman–Crippen MR) is 295 cm³/mol. The van der Waals surface area contributed by atoms with E-state index in [4.69, 9.17) is 4.98 Å². The molecule has 4 aromatic rings. The molecule has 71 heavy (non-hydrogen) atoms. The maximum absolute atomic E-state index is 13.3. The van der Waals surface area contributed by atoms with Gasteiger partial charge in [0.1, 0.15) is 12.4 Å². The number of rotatable bonds is 15. The minimum atomic E-state index is -0.621. The van der Waals surface area contributed by atoms with Crippen molar-refractivity contribution in [1.29, 1.82) is 0 Å². The second kappa shape index (κ2) is 31.2. The van der Waals surface area contributed by atoms with Gasteiger partial charge in [-0.25, -0.2) is 9.78 Å². The van der Waals surface area contributed by atoms with Gasteiger partial charge in [0, 0.05) is 30.4 Å². The number of H-pyrrole nitrogens is 1. The van der Waals surface area contributed by atoms with Crippen molar-refractivity contribution in [3.8, 4) is 47.9 Å². The topological polar surface area (TPSA) is 149 Å². The lowest BCUT2D eigenvalue weighted by Gasteiger charge is -2.34. The zero-order valence-electron chi connectivity index (χ0n) is 44.5. The highest BCUT2D eigenvalue weighted by Crippen LogP contribution is 2.50. The van der Waals surface area contributed by atoms with Gasteiger partial charge in [0.2, 0.25) is 17.7 Å². The molecule has 2 bridgehead atoms. The third kappa shape index (κ3) is 15.5. The van der Waals surface area contributed by atoms with Gasteiger partial charge in [-0.3, -0.25) is 14.4 Å². The Hall–Kier alpha value is -7.05. The Balaban J connectivity index is 0.00000132. The highest BCUT2D eigenvalue weighted by atomic mass is 16.5. The van der Waals surface area contributed by atoms with Gasteiger partial charge in [0.05, 0.1) is 37.3 Å². The first-order valence-corrected chi connectivity index (χ1v) is 25.3. The number of hydrogen-bond acceptors (Lipinski definition) is 7. The van der Waals surface area contributed by atoms with Crippen molar-refractivity contribution in [3.63, 3.8) is 0 Å². The molecule has 1 aliphatic heterocycles. The molecule has 382 valence electrons. The summed E-state index contributed by atoms with van der Waals surface area (Å²) in [6.45, 7) is 25.5. The summed E-state index contributed by atoms with van der Waals surface area (Å²) in [6, 6.07) is 19.4. The Labute approximate surface area is 425 Å². The fourth-order valence-corrected chi connectivity index (χ4v) is 9.10. The molecule has 4 amide bonds. The maximum Gasteiger partial charge on any atom is 0.407 e. The number of terminal acetylenes is 2. The zero-order valence-corrected chi connectivity index (χ0v) is 44.5. The second-order valence-electron chi connectivity index (χ2n) is 17.1. The van der Waals surface area contributed by atoms with Crippen molar-refractivity contribution in [3.05, 3.63) is 102 Å². The lowest BCUT2D eigenvalue weighted by Crippen LogP contribution is -2.45. The van der Waals surface area contributed by atoms with Gasteiger partial charge in [-0.15, -0.1) is 25.7 Å². The van der Waals surface area contributed by atoms with Gasteiger partial charge in [0.25, 0.3) is 0 Å². The number of alkyl carbamates (subject to hydrolysis) is 1. The van der Waals surface area contributed by atoms with Crippen LogP contribution in [0.15, 0.2) is 79.0 Å². The molecule has 7 rings (SSSR count). The van der Waals surface area contributed by atoms with Crippen LogP contribution >= 0.6 is 0 Å². The van der Waals surface area contributed by atoms with Crippen molar-refractivity contribution in [2.24, 2.45) is 5.92 Å². The summed E-state index contributed by atoms with van der Waals surface area (Å²) in [5, 5.41) is 8.75. The molecule has 12 nitrogen and oxygen atoms in total. The highest BCUT2D eigenvalue weighted by Gasteiger charge is 2.49. The number of aromatic nitrogens is 2. The Bertz CT molecular complexity index is 2490. The minimum absolute atomic E-state index is 0.0240. The van der Waals surface area contributed by atoms with E-state index in [0.717, 1.165) is 82.5 Å². The van der Waals surface area contributed by atoms with E-state index < -0.39 is 6.09 Å². The quantitative estimate of drug-likeness (QED) is 0.0763. The van der Waals surface area contributed by atoms with Gasteiger partial charge in [-0.2, -0.15) is 0 Å². The molecule has 3 aromatic carbocycles. The number of amides is 4. The summed E-state index contributed by atoms with van der Waals surface area (Å²) in [5.74, 6) is 0.727. The van der Waals surface area contributed by atoms with Crippen LogP contribution in [0.25, 0.3) is 44.6 Å². The Morgan fingerprint density at radius 2 is 1.45 bits per heavy atom.